The van der Waals surface area contributed by atoms with Crippen LogP contribution in [0.2, 0.25) is 0 Å². The van der Waals surface area contributed by atoms with Crippen LogP contribution in [0.4, 0.5) is 9.18 Å². The Kier molecular flexibility index (Phi) is 4.32. The summed E-state index contributed by atoms with van der Waals surface area (Å²) in [6, 6.07) is 4.65. The predicted molar refractivity (Wildman–Crippen MR) is 85.2 cm³/mol. The van der Waals surface area contributed by atoms with E-state index in [1.807, 2.05) is 23.9 Å². The van der Waals surface area contributed by atoms with Crippen LogP contribution in [0.3, 0.4) is 0 Å². The van der Waals surface area contributed by atoms with Gasteiger partial charge in [-0.05, 0) is 36.0 Å². The lowest BCUT2D eigenvalue weighted by Crippen LogP contribution is -2.41. The molecular formula is C17H21FN4O. The van der Waals surface area contributed by atoms with Crippen LogP contribution in [-0.4, -0.2) is 15.6 Å². The smallest absolute Gasteiger partial charge is 0.315 e. The van der Waals surface area contributed by atoms with Gasteiger partial charge in [0, 0.05) is 19.4 Å². The second kappa shape index (κ2) is 6.40. The summed E-state index contributed by atoms with van der Waals surface area (Å²) in [5.41, 5.74) is 1.61. The molecule has 2 aromatic rings. The van der Waals surface area contributed by atoms with Gasteiger partial charge in [0.05, 0.1) is 12.6 Å². The average Bonchev–Trinajstić information content (AvgIpc) is 2.93. The summed E-state index contributed by atoms with van der Waals surface area (Å²) in [7, 11) is 1.88. The van der Waals surface area contributed by atoms with Gasteiger partial charge in [-0.1, -0.05) is 19.1 Å². The van der Waals surface area contributed by atoms with Gasteiger partial charge in [-0.2, -0.15) is 0 Å². The van der Waals surface area contributed by atoms with E-state index in [0.29, 0.717) is 6.54 Å². The molecule has 0 fully saturated rings. The molecule has 0 bridgehead atoms. The Morgan fingerprint density at radius 3 is 3.04 bits per heavy atom. The fourth-order valence-corrected chi connectivity index (χ4v) is 3.11. The SMILES string of the molecule is C[C@H]1CCc2c(F)cccc2[C@@H]1NC(=O)NCc1nccn1C. The van der Waals surface area contributed by atoms with E-state index in [0.717, 1.165) is 29.8 Å². The normalized spacial score (nSPS) is 20.0. The Balaban J connectivity index is 1.68. The first-order valence-electron chi connectivity index (χ1n) is 7.84. The maximum absolute atomic E-state index is 13.9. The number of amides is 2. The Morgan fingerprint density at radius 2 is 2.30 bits per heavy atom. The highest BCUT2D eigenvalue weighted by atomic mass is 19.1. The molecule has 0 saturated heterocycles. The monoisotopic (exact) mass is 316 g/mol. The zero-order chi connectivity index (χ0) is 16.4. The first kappa shape index (κ1) is 15.5. The Labute approximate surface area is 134 Å². The molecular weight excluding hydrogens is 295 g/mol. The number of nitrogens with zero attached hydrogens (tertiary/aromatic N) is 2. The van der Waals surface area contributed by atoms with Crippen LogP contribution in [-0.2, 0) is 20.0 Å². The predicted octanol–water partition coefficient (Wildman–Crippen LogP) is 2.68. The fraction of sp³-hybridized carbons (Fsp3) is 0.412. The Morgan fingerprint density at radius 1 is 1.48 bits per heavy atom. The Bertz CT molecular complexity index is 712. The maximum atomic E-state index is 13.9. The molecule has 1 aliphatic carbocycles. The highest BCUT2D eigenvalue weighted by Crippen LogP contribution is 2.35. The number of hydrogen-bond acceptors (Lipinski definition) is 2. The molecule has 0 radical (unpaired) electrons. The number of hydrogen-bond donors (Lipinski definition) is 2. The van der Waals surface area contributed by atoms with Gasteiger partial charge < -0.3 is 15.2 Å². The molecule has 0 unspecified atom stereocenters. The van der Waals surface area contributed by atoms with E-state index in [9.17, 15) is 9.18 Å². The number of halogens is 1. The lowest BCUT2D eigenvalue weighted by Gasteiger charge is -2.32. The van der Waals surface area contributed by atoms with Gasteiger partial charge in [-0.25, -0.2) is 14.2 Å². The van der Waals surface area contributed by atoms with Crippen molar-refractivity contribution in [3.63, 3.8) is 0 Å². The van der Waals surface area contributed by atoms with Crippen molar-refractivity contribution in [2.75, 3.05) is 0 Å². The number of nitrogens with one attached hydrogen (secondary N) is 2. The van der Waals surface area contributed by atoms with Gasteiger partial charge in [0.25, 0.3) is 0 Å². The molecule has 122 valence electrons. The van der Waals surface area contributed by atoms with Crippen LogP contribution in [0, 0.1) is 11.7 Å². The van der Waals surface area contributed by atoms with Crippen molar-refractivity contribution in [3.8, 4) is 0 Å². The van der Waals surface area contributed by atoms with Crippen molar-refractivity contribution < 1.29 is 9.18 Å². The van der Waals surface area contributed by atoms with Gasteiger partial charge in [-0.3, -0.25) is 0 Å². The number of urea groups is 1. The molecule has 2 atom stereocenters. The largest absolute Gasteiger partial charge is 0.337 e. The third-order valence-electron chi connectivity index (χ3n) is 4.52. The summed E-state index contributed by atoms with van der Waals surface area (Å²) >= 11 is 0. The third-order valence-corrected chi connectivity index (χ3v) is 4.52. The standard InChI is InChI=1S/C17H21FN4O/c1-11-6-7-12-13(4-3-5-14(12)18)16(11)21-17(23)20-10-15-19-8-9-22(15)2/h3-5,8-9,11,16H,6-7,10H2,1-2H3,(H2,20,21,23)/t11-,16+/m0/s1. The average molecular weight is 316 g/mol. The summed E-state index contributed by atoms with van der Waals surface area (Å²) in [6.45, 7) is 2.43. The molecule has 0 spiro atoms. The molecule has 1 aromatic heterocycles. The van der Waals surface area contributed by atoms with Crippen LogP contribution in [0.1, 0.15) is 36.3 Å². The second-order valence-corrected chi connectivity index (χ2v) is 6.08. The molecule has 2 amide bonds. The van der Waals surface area contributed by atoms with Crippen molar-refractivity contribution in [2.24, 2.45) is 13.0 Å². The number of aromatic nitrogens is 2. The van der Waals surface area contributed by atoms with E-state index in [1.54, 1.807) is 12.3 Å². The number of aryl methyl sites for hydroxylation is 1. The molecule has 0 aliphatic heterocycles. The second-order valence-electron chi connectivity index (χ2n) is 6.08. The lowest BCUT2D eigenvalue weighted by atomic mass is 9.80. The van der Waals surface area contributed by atoms with E-state index < -0.39 is 0 Å². The summed E-state index contributed by atoms with van der Waals surface area (Å²) < 4.78 is 15.8. The number of carbonyl (C=O) groups excluding carboxylic acids is 1. The zero-order valence-electron chi connectivity index (χ0n) is 13.3. The summed E-state index contributed by atoms with van der Waals surface area (Å²) in [5, 5.41) is 5.79. The molecule has 6 heteroatoms. The molecule has 2 N–H and O–H groups in total. The van der Waals surface area contributed by atoms with E-state index >= 15 is 0 Å². The lowest BCUT2D eigenvalue weighted by molar-refractivity contribution is 0.228. The third kappa shape index (κ3) is 3.21. The number of benzene rings is 1. The fourth-order valence-electron chi connectivity index (χ4n) is 3.11. The summed E-state index contributed by atoms with van der Waals surface area (Å²) in [6.07, 6.45) is 5.10. The van der Waals surface area contributed by atoms with Crippen molar-refractivity contribution >= 4 is 6.03 Å². The van der Waals surface area contributed by atoms with Gasteiger partial charge >= 0.3 is 6.03 Å². The van der Waals surface area contributed by atoms with Gasteiger partial charge in [0.15, 0.2) is 0 Å². The van der Waals surface area contributed by atoms with Crippen molar-refractivity contribution in [3.05, 3.63) is 53.4 Å². The van der Waals surface area contributed by atoms with E-state index in [-0.39, 0.29) is 23.8 Å². The van der Waals surface area contributed by atoms with Crippen LogP contribution in [0.5, 0.6) is 0 Å². The minimum Gasteiger partial charge on any atom is -0.337 e. The topological polar surface area (TPSA) is 59.0 Å². The van der Waals surface area contributed by atoms with Gasteiger partial charge in [0.1, 0.15) is 11.6 Å². The first-order valence-corrected chi connectivity index (χ1v) is 7.84. The molecule has 23 heavy (non-hydrogen) atoms. The van der Waals surface area contributed by atoms with Crippen LogP contribution in [0.15, 0.2) is 30.6 Å². The first-order chi connectivity index (χ1) is 11.1. The molecule has 1 heterocycles. The van der Waals surface area contributed by atoms with Gasteiger partial charge in [-0.15, -0.1) is 0 Å². The minimum absolute atomic E-state index is 0.171. The summed E-state index contributed by atoms with van der Waals surface area (Å²) in [4.78, 5) is 16.4. The van der Waals surface area contributed by atoms with E-state index in [4.69, 9.17) is 0 Å². The van der Waals surface area contributed by atoms with Crippen LogP contribution < -0.4 is 10.6 Å². The number of imidazole rings is 1. The molecule has 5 nitrogen and oxygen atoms in total. The van der Waals surface area contributed by atoms with Gasteiger partial charge in [0.2, 0.25) is 0 Å². The molecule has 1 aromatic carbocycles. The zero-order valence-corrected chi connectivity index (χ0v) is 13.3. The van der Waals surface area contributed by atoms with Crippen molar-refractivity contribution in [1.29, 1.82) is 0 Å². The van der Waals surface area contributed by atoms with E-state index in [2.05, 4.69) is 22.5 Å². The molecule has 1 aliphatic rings. The number of rotatable bonds is 3. The highest BCUT2D eigenvalue weighted by molar-refractivity contribution is 5.74. The maximum Gasteiger partial charge on any atom is 0.315 e. The van der Waals surface area contributed by atoms with E-state index in [1.165, 1.54) is 6.07 Å². The van der Waals surface area contributed by atoms with Crippen LogP contribution in [0.25, 0.3) is 0 Å². The van der Waals surface area contributed by atoms with Crippen LogP contribution >= 0.6 is 0 Å². The highest BCUT2D eigenvalue weighted by Gasteiger charge is 2.29. The quantitative estimate of drug-likeness (QED) is 0.914. The minimum atomic E-state index is -0.262. The number of carbonyl (C=O) groups is 1. The summed E-state index contributed by atoms with van der Waals surface area (Å²) in [5.74, 6) is 0.862. The molecule has 0 saturated carbocycles. The number of fused-ring (bicyclic) bond motifs is 1. The molecule has 3 rings (SSSR count). The Hall–Kier alpha value is -2.37. The van der Waals surface area contributed by atoms with Crippen molar-refractivity contribution in [1.82, 2.24) is 20.2 Å². The van der Waals surface area contributed by atoms with Crippen molar-refractivity contribution in [2.45, 2.75) is 32.4 Å².